The quantitative estimate of drug-likeness (QED) is 0.881. The average Bonchev–Trinajstić information content (AvgIpc) is 2.75. The molecule has 0 aliphatic heterocycles. The van der Waals surface area contributed by atoms with E-state index in [1.807, 2.05) is 13.0 Å². The summed E-state index contributed by atoms with van der Waals surface area (Å²) < 4.78 is 29.6. The maximum absolute atomic E-state index is 12.3. The highest BCUT2D eigenvalue weighted by Crippen LogP contribution is 2.23. The minimum absolute atomic E-state index is 0.131. The van der Waals surface area contributed by atoms with Gasteiger partial charge in [0.2, 0.25) is 0 Å². The van der Waals surface area contributed by atoms with E-state index < -0.39 is 10.0 Å². The van der Waals surface area contributed by atoms with Gasteiger partial charge in [-0.05, 0) is 36.8 Å². The van der Waals surface area contributed by atoms with Crippen molar-refractivity contribution in [3.8, 4) is 0 Å². The first-order valence-corrected chi connectivity index (χ1v) is 8.16. The summed E-state index contributed by atoms with van der Waals surface area (Å²) in [6, 6.07) is 6.76. The second kappa shape index (κ2) is 5.59. The second-order valence-corrected chi connectivity index (χ2v) is 7.10. The van der Waals surface area contributed by atoms with Gasteiger partial charge in [0.05, 0.1) is 12.3 Å². The third-order valence-corrected chi connectivity index (χ3v) is 4.81. The van der Waals surface area contributed by atoms with Gasteiger partial charge in [0, 0.05) is 23.4 Å². The van der Waals surface area contributed by atoms with Gasteiger partial charge in [0.1, 0.15) is 4.90 Å². The standard InChI is InChI=1S/C13H15BrN2O3S/c1-9-5-10(14)3-4-13(9)15-20(18,19)12-6-11(8-17)16(2)7-12/h3-7,15,17H,8H2,1-2H3. The molecule has 0 amide bonds. The van der Waals surface area contributed by atoms with Crippen molar-refractivity contribution in [1.82, 2.24) is 4.57 Å². The summed E-state index contributed by atoms with van der Waals surface area (Å²) in [6.45, 7) is 1.62. The van der Waals surface area contributed by atoms with E-state index in [1.54, 1.807) is 23.7 Å². The molecule has 0 aliphatic carbocycles. The lowest BCUT2D eigenvalue weighted by atomic mass is 10.2. The number of hydrogen-bond acceptors (Lipinski definition) is 3. The zero-order chi connectivity index (χ0) is 14.9. The van der Waals surface area contributed by atoms with E-state index >= 15 is 0 Å². The van der Waals surface area contributed by atoms with Crippen LogP contribution in [0.3, 0.4) is 0 Å². The Balaban J connectivity index is 2.35. The van der Waals surface area contributed by atoms with E-state index in [-0.39, 0.29) is 11.5 Å². The molecule has 0 radical (unpaired) electrons. The van der Waals surface area contributed by atoms with Crippen LogP contribution in [0.25, 0.3) is 0 Å². The van der Waals surface area contributed by atoms with Crippen LogP contribution in [0.2, 0.25) is 0 Å². The van der Waals surface area contributed by atoms with Gasteiger partial charge in [-0.1, -0.05) is 15.9 Å². The van der Waals surface area contributed by atoms with E-state index in [1.165, 1.54) is 12.3 Å². The number of aliphatic hydroxyl groups excluding tert-OH is 1. The van der Waals surface area contributed by atoms with Gasteiger partial charge in [-0.25, -0.2) is 8.42 Å². The Hall–Kier alpha value is -1.31. The zero-order valence-corrected chi connectivity index (χ0v) is 13.5. The number of aliphatic hydroxyl groups is 1. The summed E-state index contributed by atoms with van der Waals surface area (Å²) in [6.07, 6.45) is 1.47. The lowest BCUT2D eigenvalue weighted by Crippen LogP contribution is -2.13. The monoisotopic (exact) mass is 358 g/mol. The molecule has 0 atom stereocenters. The molecule has 1 aromatic carbocycles. The van der Waals surface area contributed by atoms with Crippen LogP contribution < -0.4 is 4.72 Å². The van der Waals surface area contributed by atoms with Crippen LogP contribution in [-0.2, 0) is 23.7 Å². The first-order chi connectivity index (χ1) is 9.33. The van der Waals surface area contributed by atoms with Crippen LogP contribution in [0.5, 0.6) is 0 Å². The van der Waals surface area contributed by atoms with Gasteiger partial charge in [-0.15, -0.1) is 0 Å². The number of hydrogen-bond donors (Lipinski definition) is 2. The number of aromatic nitrogens is 1. The maximum Gasteiger partial charge on any atom is 0.263 e. The molecule has 2 aromatic rings. The molecular formula is C13H15BrN2O3S. The normalized spacial score (nSPS) is 11.6. The third kappa shape index (κ3) is 3.05. The molecule has 108 valence electrons. The molecule has 0 bridgehead atoms. The molecule has 2 N–H and O–H groups in total. The number of anilines is 1. The van der Waals surface area contributed by atoms with E-state index in [4.69, 9.17) is 5.11 Å². The van der Waals surface area contributed by atoms with Crippen LogP contribution in [0, 0.1) is 6.92 Å². The van der Waals surface area contributed by atoms with Crippen molar-refractivity contribution < 1.29 is 13.5 Å². The highest BCUT2D eigenvalue weighted by atomic mass is 79.9. The summed E-state index contributed by atoms with van der Waals surface area (Å²) in [7, 11) is -1.97. The van der Waals surface area contributed by atoms with Gasteiger partial charge in [-0.3, -0.25) is 4.72 Å². The van der Waals surface area contributed by atoms with Crippen LogP contribution in [-0.4, -0.2) is 18.1 Å². The van der Waals surface area contributed by atoms with E-state index in [2.05, 4.69) is 20.7 Å². The Morgan fingerprint density at radius 3 is 2.60 bits per heavy atom. The number of nitrogens with one attached hydrogen (secondary N) is 1. The van der Waals surface area contributed by atoms with Crippen LogP contribution in [0.1, 0.15) is 11.3 Å². The Labute approximate surface area is 126 Å². The van der Waals surface area contributed by atoms with Crippen molar-refractivity contribution in [1.29, 1.82) is 0 Å². The number of sulfonamides is 1. The minimum atomic E-state index is -3.66. The average molecular weight is 359 g/mol. The first kappa shape index (κ1) is 15.1. The Morgan fingerprint density at radius 2 is 2.05 bits per heavy atom. The molecule has 0 fully saturated rings. The summed E-state index contributed by atoms with van der Waals surface area (Å²) in [5.74, 6) is 0. The fourth-order valence-electron chi connectivity index (χ4n) is 1.83. The summed E-state index contributed by atoms with van der Waals surface area (Å²) in [4.78, 5) is 0.131. The molecule has 1 aromatic heterocycles. The third-order valence-electron chi connectivity index (χ3n) is 2.99. The summed E-state index contributed by atoms with van der Waals surface area (Å²) >= 11 is 3.33. The predicted molar refractivity (Wildman–Crippen MR) is 81.0 cm³/mol. The minimum Gasteiger partial charge on any atom is -0.390 e. The molecule has 20 heavy (non-hydrogen) atoms. The van der Waals surface area contributed by atoms with E-state index in [0.29, 0.717) is 11.4 Å². The molecule has 0 unspecified atom stereocenters. The predicted octanol–water partition coefficient (Wildman–Crippen LogP) is 2.39. The summed E-state index contributed by atoms with van der Waals surface area (Å²) in [5, 5.41) is 9.12. The molecule has 0 aliphatic rings. The number of halogens is 1. The van der Waals surface area contributed by atoms with Crippen molar-refractivity contribution >= 4 is 31.6 Å². The molecule has 0 saturated heterocycles. The van der Waals surface area contributed by atoms with Crippen molar-refractivity contribution in [2.24, 2.45) is 7.05 Å². The highest BCUT2D eigenvalue weighted by Gasteiger charge is 2.18. The lowest BCUT2D eigenvalue weighted by molar-refractivity contribution is 0.272. The van der Waals surface area contributed by atoms with Gasteiger partial charge in [0.25, 0.3) is 10.0 Å². The molecule has 1 heterocycles. The SMILES string of the molecule is Cc1cc(Br)ccc1NS(=O)(=O)c1cc(CO)n(C)c1. The van der Waals surface area contributed by atoms with Gasteiger partial charge in [0.15, 0.2) is 0 Å². The van der Waals surface area contributed by atoms with Crippen molar-refractivity contribution in [3.63, 3.8) is 0 Å². The molecule has 7 heteroatoms. The fourth-order valence-corrected chi connectivity index (χ4v) is 3.53. The van der Waals surface area contributed by atoms with Crippen LogP contribution in [0.15, 0.2) is 39.8 Å². The number of nitrogens with zero attached hydrogens (tertiary/aromatic N) is 1. The topological polar surface area (TPSA) is 71.3 Å². The maximum atomic E-state index is 12.3. The van der Waals surface area contributed by atoms with Gasteiger partial charge < -0.3 is 9.67 Å². The van der Waals surface area contributed by atoms with Crippen LogP contribution >= 0.6 is 15.9 Å². The summed E-state index contributed by atoms with van der Waals surface area (Å²) in [5.41, 5.74) is 1.89. The Kier molecular flexibility index (Phi) is 4.22. The number of aryl methyl sites for hydroxylation is 2. The Morgan fingerprint density at radius 1 is 1.35 bits per heavy atom. The van der Waals surface area contributed by atoms with Gasteiger partial charge >= 0.3 is 0 Å². The van der Waals surface area contributed by atoms with Gasteiger partial charge in [-0.2, -0.15) is 0 Å². The fraction of sp³-hybridized carbons (Fsp3) is 0.231. The number of benzene rings is 1. The molecular weight excluding hydrogens is 344 g/mol. The molecule has 0 saturated carbocycles. The molecule has 5 nitrogen and oxygen atoms in total. The number of rotatable bonds is 4. The first-order valence-electron chi connectivity index (χ1n) is 5.88. The van der Waals surface area contributed by atoms with Crippen molar-refractivity contribution in [2.45, 2.75) is 18.4 Å². The molecule has 2 rings (SSSR count). The van der Waals surface area contributed by atoms with Crippen molar-refractivity contribution in [2.75, 3.05) is 4.72 Å². The lowest BCUT2D eigenvalue weighted by Gasteiger charge is -2.09. The van der Waals surface area contributed by atoms with Crippen LogP contribution in [0.4, 0.5) is 5.69 Å². The van der Waals surface area contributed by atoms with E-state index in [0.717, 1.165) is 10.0 Å². The molecule has 0 spiro atoms. The van der Waals surface area contributed by atoms with Crippen molar-refractivity contribution in [3.05, 3.63) is 46.2 Å². The zero-order valence-electron chi connectivity index (χ0n) is 11.1. The largest absolute Gasteiger partial charge is 0.390 e. The highest BCUT2D eigenvalue weighted by molar-refractivity contribution is 9.10. The smallest absolute Gasteiger partial charge is 0.263 e. The van der Waals surface area contributed by atoms with E-state index in [9.17, 15) is 8.42 Å². The Bertz CT molecular complexity index is 738. The second-order valence-electron chi connectivity index (χ2n) is 4.50.